The van der Waals surface area contributed by atoms with Gasteiger partial charge in [-0.1, -0.05) is 24.3 Å². The van der Waals surface area contributed by atoms with Gasteiger partial charge in [0.25, 0.3) is 0 Å². The number of para-hydroxylation sites is 1. The Morgan fingerprint density at radius 2 is 1.89 bits per heavy atom. The molecular formula is C12H19O5P. The van der Waals surface area contributed by atoms with Gasteiger partial charge in [-0.05, 0) is 19.1 Å². The Hall–Kier alpha value is -1.13. The number of ether oxygens (including phenoxy) is 1. The van der Waals surface area contributed by atoms with Crippen LogP contribution >= 0.6 is 7.82 Å². The van der Waals surface area contributed by atoms with Crippen molar-refractivity contribution in [1.29, 1.82) is 0 Å². The van der Waals surface area contributed by atoms with E-state index in [1.165, 1.54) is 7.11 Å². The van der Waals surface area contributed by atoms with Gasteiger partial charge in [0.15, 0.2) is 0 Å². The summed E-state index contributed by atoms with van der Waals surface area (Å²) in [4.78, 5) is 9.25. The summed E-state index contributed by atoms with van der Waals surface area (Å²) >= 11 is 0. The fourth-order valence-electron chi connectivity index (χ4n) is 0.877. The summed E-state index contributed by atoms with van der Waals surface area (Å²) in [6.07, 6.45) is 1.75. The largest absolute Gasteiger partial charge is 0.527 e. The van der Waals surface area contributed by atoms with Gasteiger partial charge >= 0.3 is 7.82 Å². The van der Waals surface area contributed by atoms with Crippen molar-refractivity contribution >= 4 is 7.82 Å². The van der Waals surface area contributed by atoms with E-state index in [0.717, 1.165) is 0 Å². The molecule has 0 saturated carbocycles. The highest BCUT2D eigenvalue weighted by molar-refractivity contribution is 7.47. The summed E-state index contributed by atoms with van der Waals surface area (Å²) < 4.78 is 25.4. The predicted octanol–water partition coefficient (Wildman–Crippen LogP) is 3.02. The van der Waals surface area contributed by atoms with Gasteiger partial charge in [-0.15, -0.1) is 6.58 Å². The SMILES string of the molecule is C=CC.COCCOP(=O)(O)Oc1ccccc1. The minimum atomic E-state index is -4.02. The van der Waals surface area contributed by atoms with Crippen molar-refractivity contribution in [3.63, 3.8) is 0 Å². The normalized spacial score (nSPS) is 12.8. The molecule has 0 aliphatic rings. The lowest BCUT2D eigenvalue weighted by molar-refractivity contribution is 0.122. The van der Waals surface area contributed by atoms with Crippen LogP contribution in [0.4, 0.5) is 0 Å². The molecule has 1 aromatic rings. The van der Waals surface area contributed by atoms with E-state index in [1.807, 2.05) is 6.92 Å². The summed E-state index contributed by atoms with van der Waals surface area (Å²) in [6, 6.07) is 8.32. The van der Waals surface area contributed by atoms with Gasteiger partial charge in [0, 0.05) is 7.11 Å². The molecule has 1 N–H and O–H groups in total. The van der Waals surface area contributed by atoms with Crippen molar-refractivity contribution in [2.45, 2.75) is 6.92 Å². The lowest BCUT2D eigenvalue weighted by Gasteiger charge is -2.12. The smallest absolute Gasteiger partial charge is 0.404 e. The second kappa shape index (κ2) is 9.85. The average molecular weight is 274 g/mol. The zero-order valence-electron chi connectivity index (χ0n) is 10.6. The molecule has 0 aromatic heterocycles. The fraction of sp³-hybridized carbons (Fsp3) is 0.333. The van der Waals surface area contributed by atoms with Crippen molar-refractivity contribution in [3.05, 3.63) is 43.0 Å². The van der Waals surface area contributed by atoms with Crippen LogP contribution in [-0.2, 0) is 13.8 Å². The van der Waals surface area contributed by atoms with Crippen LogP contribution in [0.15, 0.2) is 43.0 Å². The Labute approximate surface area is 108 Å². The van der Waals surface area contributed by atoms with E-state index in [1.54, 1.807) is 36.4 Å². The molecule has 1 unspecified atom stereocenters. The molecule has 0 amide bonds. The van der Waals surface area contributed by atoms with E-state index in [2.05, 4.69) is 15.8 Å². The van der Waals surface area contributed by atoms with Gasteiger partial charge in [-0.2, -0.15) is 0 Å². The lowest BCUT2D eigenvalue weighted by atomic mass is 10.3. The second-order valence-electron chi connectivity index (χ2n) is 3.11. The molecule has 1 rings (SSSR count). The maximum atomic E-state index is 11.3. The van der Waals surface area contributed by atoms with Crippen molar-refractivity contribution in [2.24, 2.45) is 0 Å². The molecule has 5 nitrogen and oxygen atoms in total. The van der Waals surface area contributed by atoms with E-state index in [0.29, 0.717) is 5.75 Å². The first kappa shape index (κ1) is 16.9. The summed E-state index contributed by atoms with van der Waals surface area (Å²) in [5.74, 6) is 0.292. The molecule has 18 heavy (non-hydrogen) atoms. The number of benzene rings is 1. The molecule has 0 fully saturated rings. The molecule has 0 aliphatic carbocycles. The Morgan fingerprint density at radius 1 is 1.33 bits per heavy atom. The standard InChI is InChI=1S/C9H13O5P.C3H6/c1-12-7-8-13-15(10,11)14-9-5-3-2-4-6-9;1-3-2/h2-6H,7-8H2,1H3,(H,10,11);3H,1H2,2H3. The number of phosphoric ester groups is 1. The van der Waals surface area contributed by atoms with Crippen LogP contribution in [0, 0.1) is 0 Å². The molecule has 1 atom stereocenters. The third kappa shape index (κ3) is 8.96. The number of phosphoric acid groups is 1. The highest BCUT2D eigenvalue weighted by Gasteiger charge is 2.22. The molecule has 0 aliphatic heterocycles. The number of allylic oxidation sites excluding steroid dienone is 1. The first-order valence-corrected chi connectivity index (χ1v) is 6.83. The monoisotopic (exact) mass is 274 g/mol. The van der Waals surface area contributed by atoms with E-state index >= 15 is 0 Å². The van der Waals surface area contributed by atoms with Gasteiger partial charge in [0.05, 0.1) is 13.2 Å². The molecule has 1 aromatic carbocycles. The topological polar surface area (TPSA) is 65.0 Å². The molecule has 0 saturated heterocycles. The van der Waals surface area contributed by atoms with Crippen molar-refractivity contribution < 1.29 is 23.2 Å². The Morgan fingerprint density at radius 3 is 2.39 bits per heavy atom. The van der Waals surface area contributed by atoms with E-state index in [9.17, 15) is 9.46 Å². The summed E-state index contributed by atoms with van der Waals surface area (Å²) in [7, 11) is -2.55. The Balaban J connectivity index is 0.000000873. The fourth-order valence-corrected chi connectivity index (χ4v) is 1.62. The molecule has 102 valence electrons. The van der Waals surface area contributed by atoms with E-state index in [4.69, 9.17) is 4.52 Å². The summed E-state index contributed by atoms with van der Waals surface area (Å²) in [5.41, 5.74) is 0. The van der Waals surface area contributed by atoms with E-state index < -0.39 is 7.82 Å². The predicted molar refractivity (Wildman–Crippen MR) is 70.6 cm³/mol. The van der Waals surface area contributed by atoms with Crippen molar-refractivity contribution in [1.82, 2.24) is 0 Å². The quantitative estimate of drug-likeness (QED) is 0.490. The molecule has 6 heteroatoms. The van der Waals surface area contributed by atoms with Crippen molar-refractivity contribution in [3.8, 4) is 5.75 Å². The summed E-state index contributed by atoms with van der Waals surface area (Å²) in [5, 5.41) is 0. The van der Waals surface area contributed by atoms with Crippen LogP contribution in [0.2, 0.25) is 0 Å². The molecule has 0 radical (unpaired) electrons. The van der Waals surface area contributed by atoms with Crippen LogP contribution in [0.3, 0.4) is 0 Å². The Kier molecular flexibility index (Phi) is 9.24. The van der Waals surface area contributed by atoms with Gasteiger partial charge in [-0.3, -0.25) is 9.42 Å². The molecule has 0 heterocycles. The van der Waals surface area contributed by atoms with Crippen LogP contribution in [0.1, 0.15) is 6.92 Å². The van der Waals surface area contributed by atoms with Crippen molar-refractivity contribution in [2.75, 3.05) is 20.3 Å². The van der Waals surface area contributed by atoms with Gasteiger partial charge in [-0.25, -0.2) is 4.57 Å². The zero-order chi connectivity index (χ0) is 13.9. The van der Waals surface area contributed by atoms with Gasteiger partial charge in [0.2, 0.25) is 0 Å². The number of hydrogen-bond donors (Lipinski definition) is 1. The highest BCUT2D eigenvalue weighted by atomic mass is 31.2. The zero-order valence-corrected chi connectivity index (χ0v) is 11.5. The van der Waals surface area contributed by atoms with Crippen LogP contribution in [0.5, 0.6) is 5.75 Å². The first-order chi connectivity index (χ1) is 8.55. The first-order valence-electron chi connectivity index (χ1n) is 5.33. The average Bonchev–Trinajstić information content (AvgIpc) is 2.31. The maximum Gasteiger partial charge on any atom is 0.527 e. The van der Waals surface area contributed by atoms with E-state index in [-0.39, 0.29) is 13.2 Å². The number of rotatable bonds is 6. The maximum absolute atomic E-state index is 11.3. The lowest BCUT2D eigenvalue weighted by Crippen LogP contribution is -2.03. The minimum absolute atomic E-state index is 0.0110. The van der Waals surface area contributed by atoms with Gasteiger partial charge in [0.1, 0.15) is 5.75 Å². The Bertz CT molecular complexity index is 366. The molecule has 0 bridgehead atoms. The van der Waals surface area contributed by atoms with Crippen LogP contribution < -0.4 is 4.52 Å². The third-order valence-corrected chi connectivity index (χ3v) is 2.46. The second-order valence-corrected chi connectivity index (χ2v) is 4.49. The highest BCUT2D eigenvalue weighted by Crippen LogP contribution is 2.43. The minimum Gasteiger partial charge on any atom is -0.404 e. The number of methoxy groups -OCH3 is 1. The third-order valence-electron chi connectivity index (χ3n) is 1.51. The van der Waals surface area contributed by atoms with Gasteiger partial charge < -0.3 is 9.26 Å². The van der Waals surface area contributed by atoms with Crippen LogP contribution in [0.25, 0.3) is 0 Å². The number of hydrogen-bond acceptors (Lipinski definition) is 4. The summed E-state index contributed by atoms with van der Waals surface area (Å²) in [6.45, 7) is 5.50. The molecular weight excluding hydrogens is 255 g/mol. The molecule has 0 spiro atoms. The van der Waals surface area contributed by atoms with Crippen LogP contribution in [-0.4, -0.2) is 25.2 Å².